The highest BCUT2D eigenvalue weighted by Gasteiger charge is 2.08. The van der Waals surface area contributed by atoms with E-state index in [0.29, 0.717) is 12.0 Å². The molecule has 7 nitrogen and oxygen atoms in total. The summed E-state index contributed by atoms with van der Waals surface area (Å²) in [4.78, 5) is 21.6. The lowest BCUT2D eigenvalue weighted by molar-refractivity contribution is -0.384. The lowest BCUT2D eigenvalue weighted by Gasteiger charge is -1.98. The maximum Gasteiger partial charge on any atom is 0.271 e. The molecule has 0 spiro atoms. The molecule has 0 unspecified atom stereocenters. The minimum atomic E-state index is -0.506. The summed E-state index contributed by atoms with van der Waals surface area (Å²) in [5, 5.41) is 18.2. The van der Waals surface area contributed by atoms with Gasteiger partial charge >= 0.3 is 0 Å². The summed E-state index contributed by atoms with van der Waals surface area (Å²) in [6.07, 6.45) is 1.84. The molecule has 1 aromatic carbocycles. The number of nitrogens with zero attached hydrogens (tertiary/aromatic N) is 4. The van der Waals surface area contributed by atoms with Gasteiger partial charge < -0.3 is 0 Å². The number of hydrogen-bond donors (Lipinski definition) is 0. The van der Waals surface area contributed by atoms with Gasteiger partial charge in [0.1, 0.15) is 5.69 Å². The molecular weight excluding hydrogens is 212 g/mol. The zero-order valence-corrected chi connectivity index (χ0v) is 7.98. The third kappa shape index (κ3) is 1.78. The first-order valence-electron chi connectivity index (χ1n) is 4.33. The van der Waals surface area contributed by atoms with Gasteiger partial charge in [-0.25, -0.2) is 0 Å². The van der Waals surface area contributed by atoms with Gasteiger partial charge in [-0.3, -0.25) is 14.9 Å². The van der Waals surface area contributed by atoms with Gasteiger partial charge in [0.05, 0.1) is 16.8 Å². The van der Waals surface area contributed by atoms with Crippen molar-refractivity contribution < 1.29 is 9.72 Å². The fourth-order valence-electron chi connectivity index (χ4n) is 1.18. The second-order valence-corrected chi connectivity index (χ2v) is 2.95. The molecule has 0 bridgehead atoms. The molecule has 0 radical (unpaired) electrons. The Bertz CT molecular complexity index is 549. The summed E-state index contributed by atoms with van der Waals surface area (Å²) in [7, 11) is 0. The first-order chi connectivity index (χ1) is 7.70. The zero-order valence-electron chi connectivity index (χ0n) is 7.98. The van der Waals surface area contributed by atoms with Crippen LogP contribution in [0.4, 0.5) is 5.69 Å². The van der Waals surface area contributed by atoms with Gasteiger partial charge in [0, 0.05) is 12.1 Å². The van der Waals surface area contributed by atoms with Crippen LogP contribution in [0.25, 0.3) is 5.69 Å². The summed E-state index contributed by atoms with van der Waals surface area (Å²) < 4.78 is 0. The Balaban J connectivity index is 2.43. The number of carbonyl (C=O) groups excluding carboxylic acids is 1. The van der Waals surface area contributed by atoms with E-state index in [1.807, 2.05) is 0 Å². The molecule has 1 aromatic heterocycles. The number of benzene rings is 1. The predicted octanol–water partition coefficient (Wildman–Crippen LogP) is 0.988. The lowest BCUT2D eigenvalue weighted by atomic mass is 10.3. The first kappa shape index (κ1) is 9.97. The third-order valence-electron chi connectivity index (χ3n) is 1.90. The van der Waals surface area contributed by atoms with Crippen LogP contribution in [0.15, 0.2) is 30.5 Å². The summed E-state index contributed by atoms with van der Waals surface area (Å²) in [5.41, 5.74) is 0.552. The van der Waals surface area contributed by atoms with Crippen LogP contribution in [0.2, 0.25) is 0 Å². The molecule has 1 heterocycles. The van der Waals surface area contributed by atoms with E-state index in [0.717, 1.165) is 4.80 Å². The Kier molecular flexibility index (Phi) is 2.42. The van der Waals surface area contributed by atoms with Gasteiger partial charge in [-0.1, -0.05) is 6.07 Å². The number of aldehydes is 1. The molecule has 0 N–H and O–H groups in total. The fraction of sp³-hybridized carbons (Fsp3) is 0. The molecule has 7 heteroatoms. The largest absolute Gasteiger partial charge is 0.296 e. The van der Waals surface area contributed by atoms with Crippen LogP contribution < -0.4 is 0 Å². The summed E-state index contributed by atoms with van der Waals surface area (Å²) in [6, 6.07) is 5.83. The van der Waals surface area contributed by atoms with E-state index in [2.05, 4.69) is 10.2 Å². The van der Waals surface area contributed by atoms with Crippen molar-refractivity contribution >= 4 is 12.0 Å². The van der Waals surface area contributed by atoms with E-state index in [9.17, 15) is 14.9 Å². The average molecular weight is 218 g/mol. The Hall–Kier alpha value is -2.57. The monoisotopic (exact) mass is 218 g/mol. The Morgan fingerprint density at radius 2 is 2.25 bits per heavy atom. The summed E-state index contributed by atoms with van der Waals surface area (Å²) in [5.74, 6) is 0. The fourth-order valence-corrected chi connectivity index (χ4v) is 1.18. The van der Waals surface area contributed by atoms with Gasteiger partial charge in [0.25, 0.3) is 5.69 Å². The number of carbonyl (C=O) groups is 1. The Morgan fingerprint density at radius 3 is 2.88 bits per heavy atom. The van der Waals surface area contributed by atoms with E-state index in [1.54, 1.807) is 6.07 Å². The van der Waals surface area contributed by atoms with Gasteiger partial charge in [-0.15, -0.1) is 5.10 Å². The van der Waals surface area contributed by atoms with Crippen LogP contribution in [0.3, 0.4) is 0 Å². The lowest BCUT2D eigenvalue weighted by Crippen LogP contribution is -2.00. The van der Waals surface area contributed by atoms with Crippen LogP contribution in [-0.2, 0) is 0 Å². The van der Waals surface area contributed by atoms with Crippen LogP contribution >= 0.6 is 0 Å². The normalized spacial score (nSPS) is 10.0. The highest BCUT2D eigenvalue weighted by molar-refractivity contribution is 5.70. The first-order valence-corrected chi connectivity index (χ1v) is 4.33. The highest BCUT2D eigenvalue weighted by atomic mass is 16.6. The van der Waals surface area contributed by atoms with Gasteiger partial charge in [0.15, 0.2) is 6.29 Å². The van der Waals surface area contributed by atoms with Crippen molar-refractivity contribution in [2.75, 3.05) is 0 Å². The molecule has 0 atom stereocenters. The third-order valence-corrected chi connectivity index (χ3v) is 1.90. The average Bonchev–Trinajstić information content (AvgIpc) is 2.77. The molecule has 0 aliphatic heterocycles. The summed E-state index contributed by atoms with van der Waals surface area (Å²) >= 11 is 0. The van der Waals surface area contributed by atoms with Crippen molar-refractivity contribution in [2.45, 2.75) is 0 Å². The molecule has 16 heavy (non-hydrogen) atoms. The topological polar surface area (TPSA) is 90.9 Å². The van der Waals surface area contributed by atoms with Gasteiger partial charge in [-0.05, 0) is 6.07 Å². The maximum absolute atomic E-state index is 10.5. The van der Waals surface area contributed by atoms with Crippen molar-refractivity contribution in [3.63, 3.8) is 0 Å². The number of nitro groups is 1. The number of nitro benzene ring substituents is 1. The highest BCUT2D eigenvalue weighted by Crippen LogP contribution is 2.15. The zero-order chi connectivity index (χ0) is 11.5. The van der Waals surface area contributed by atoms with Crippen molar-refractivity contribution in [2.24, 2.45) is 0 Å². The maximum atomic E-state index is 10.5. The number of aromatic nitrogens is 3. The van der Waals surface area contributed by atoms with Crippen molar-refractivity contribution in [3.05, 3.63) is 46.3 Å². The molecule has 2 rings (SSSR count). The predicted molar refractivity (Wildman–Crippen MR) is 53.4 cm³/mol. The van der Waals surface area contributed by atoms with Gasteiger partial charge in [0.2, 0.25) is 0 Å². The number of hydrogen-bond acceptors (Lipinski definition) is 5. The van der Waals surface area contributed by atoms with Gasteiger partial charge in [-0.2, -0.15) is 9.90 Å². The number of non-ortho nitro benzene ring substituents is 1. The number of rotatable bonds is 3. The summed E-state index contributed by atoms with van der Waals surface area (Å²) in [6.45, 7) is 0. The minimum Gasteiger partial charge on any atom is -0.296 e. The van der Waals surface area contributed by atoms with Crippen molar-refractivity contribution in [1.82, 2.24) is 15.0 Å². The molecule has 0 saturated carbocycles. The standard InChI is InChI=1S/C9H6N4O3/c14-6-7-5-10-12(11-7)8-2-1-3-9(4-8)13(15)16/h1-6H. The van der Waals surface area contributed by atoms with E-state index in [-0.39, 0.29) is 11.4 Å². The molecule has 0 amide bonds. The molecule has 0 saturated heterocycles. The molecular formula is C9H6N4O3. The van der Waals surface area contributed by atoms with Crippen molar-refractivity contribution in [3.8, 4) is 5.69 Å². The Labute approximate surface area is 89.5 Å². The van der Waals surface area contributed by atoms with Crippen LogP contribution in [0.5, 0.6) is 0 Å². The van der Waals surface area contributed by atoms with E-state index >= 15 is 0 Å². The van der Waals surface area contributed by atoms with Crippen LogP contribution in [0.1, 0.15) is 10.5 Å². The van der Waals surface area contributed by atoms with Crippen molar-refractivity contribution in [1.29, 1.82) is 0 Å². The Morgan fingerprint density at radius 1 is 1.44 bits per heavy atom. The SMILES string of the molecule is O=Cc1cnn(-c2cccc([N+](=O)[O-])c2)n1. The van der Waals surface area contributed by atoms with Crippen LogP contribution in [0, 0.1) is 10.1 Å². The van der Waals surface area contributed by atoms with E-state index in [4.69, 9.17) is 0 Å². The van der Waals surface area contributed by atoms with E-state index < -0.39 is 4.92 Å². The quantitative estimate of drug-likeness (QED) is 0.435. The molecule has 0 fully saturated rings. The smallest absolute Gasteiger partial charge is 0.271 e. The molecule has 0 aliphatic carbocycles. The second kappa shape index (κ2) is 3.89. The van der Waals surface area contributed by atoms with Crippen LogP contribution in [-0.4, -0.2) is 26.2 Å². The molecule has 80 valence electrons. The minimum absolute atomic E-state index is 0.0533. The molecule has 0 aliphatic rings. The van der Waals surface area contributed by atoms with E-state index in [1.165, 1.54) is 24.4 Å². The molecule has 2 aromatic rings. The second-order valence-electron chi connectivity index (χ2n) is 2.95.